The lowest BCUT2D eigenvalue weighted by Gasteiger charge is -2.21. The number of anilines is 1. The van der Waals surface area contributed by atoms with E-state index in [1.165, 1.54) is 11.8 Å². The molecule has 1 spiro atoms. The Labute approximate surface area is 134 Å². The van der Waals surface area contributed by atoms with Crippen LogP contribution in [-0.4, -0.2) is 17.6 Å². The molecule has 2 amide bonds. The van der Waals surface area contributed by atoms with Crippen molar-refractivity contribution in [1.29, 1.82) is 0 Å². The third kappa shape index (κ3) is 1.44. The highest BCUT2D eigenvalue weighted by atomic mass is 16.2. The number of carbonyl (C=O) groups excluding carboxylic acids is 3. The van der Waals surface area contributed by atoms with Gasteiger partial charge in [0.15, 0.2) is 5.78 Å². The molecule has 1 aromatic carbocycles. The van der Waals surface area contributed by atoms with Gasteiger partial charge in [0.05, 0.1) is 17.5 Å². The van der Waals surface area contributed by atoms with Crippen LogP contribution in [0.25, 0.3) is 0 Å². The fourth-order valence-corrected chi connectivity index (χ4v) is 5.18. The van der Waals surface area contributed by atoms with Gasteiger partial charge in [-0.3, -0.25) is 19.3 Å². The first kappa shape index (κ1) is 13.2. The van der Waals surface area contributed by atoms with E-state index < -0.39 is 0 Å². The molecule has 1 aliphatic heterocycles. The second-order valence-electron chi connectivity index (χ2n) is 7.34. The monoisotopic (exact) mass is 307 g/mol. The minimum absolute atomic E-state index is 0.0228. The number of fused-ring (bicyclic) bond motifs is 3. The van der Waals surface area contributed by atoms with Crippen molar-refractivity contribution < 1.29 is 14.4 Å². The van der Waals surface area contributed by atoms with Crippen molar-refractivity contribution in [1.82, 2.24) is 0 Å². The van der Waals surface area contributed by atoms with Crippen LogP contribution in [-0.2, 0) is 9.59 Å². The molecule has 1 saturated heterocycles. The van der Waals surface area contributed by atoms with E-state index in [1.54, 1.807) is 24.3 Å². The van der Waals surface area contributed by atoms with Gasteiger partial charge in [0.25, 0.3) is 0 Å². The number of nitrogens with zero attached hydrogens (tertiary/aromatic N) is 1. The summed E-state index contributed by atoms with van der Waals surface area (Å²) in [4.78, 5) is 38.6. The second-order valence-corrected chi connectivity index (χ2v) is 7.34. The lowest BCUT2D eigenvalue weighted by atomic mass is 9.85. The summed E-state index contributed by atoms with van der Waals surface area (Å²) < 4.78 is 0. The molecule has 23 heavy (non-hydrogen) atoms. The van der Waals surface area contributed by atoms with Crippen LogP contribution in [0.4, 0.5) is 5.69 Å². The molecule has 3 fully saturated rings. The number of amides is 2. The predicted molar refractivity (Wildman–Crippen MR) is 83.7 cm³/mol. The molecular formula is C19H17NO3. The van der Waals surface area contributed by atoms with Crippen LogP contribution in [0, 0.1) is 29.1 Å². The lowest BCUT2D eigenvalue weighted by molar-refractivity contribution is -0.123. The fraction of sp³-hybridized carbons (Fsp3) is 0.421. The Morgan fingerprint density at radius 1 is 1.00 bits per heavy atom. The highest BCUT2D eigenvalue weighted by Gasteiger charge is 2.73. The van der Waals surface area contributed by atoms with E-state index >= 15 is 0 Å². The summed E-state index contributed by atoms with van der Waals surface area (Å²) in [5, 5.41) is 0. The molecule has 1 heterocycles. The van der Waals surface area contributed by atoms with Gasteiger partial charge in [-0.2, -0.15) is 0 Å². The van der Waals surface area contributed by atoms with Gasteiger partial charge in [-0.05, 0) is 61.3 Å². The maximum atomic E-state index is 12.9. The van der Waals surface area contributed by atoms with E-state index in [2.05, 4.69) is 12.2 Å². The third-order valence-corrected chi connectivity index (χ3v) is 6.38. The van der Waals surface area contributed by atoms with Crippen LogP contribution in [0.3, 0.4) is 0 Å². The number of imide groups is 1. The molecule has 116 valence electrons. The Hall–Kier alpha value is -2.23. The Morgan fingerprint density at radius 3 is 1.96 bits per heavy atom. The molecular weight excluding hydrogens is 290 g/mol. The molecule has 0 aromatic heterocycles. The van der Waals surface area contributed by atoms with Crippen molar-refractivity contribution in [2.24, 2.45) is 29.1 Å². The van der Waals surface area contributed by atoms with Gasteiger partial charge in [-0.1, -0.05) is 12.2 Å². The van der Waals surface area contributed by atoms with Gasteiger partial charge in [0.2, 0.25) is 11.8 Å². The van der Waals surface area contributed by atoms with E-state index in [-0.39, 0.29) is 46.7 Å². The molecule has 2 bridgehead atoms. The number of rotatable bonds is 2. The van der Waals surface area contributed by atoms with Gasteiger partial charge < -0.3 is 0 Å². The van der Waals surface area contributed by atoms with Gasteiger partial charge in [-0.15, -0.1) is 0 Å². The highest BCUT2D eigenvalue weighted by Crippen LogP contribution is 2.73. The molecule has 0 N–H and O–H groups in total. The Bertz CT molecular complexity index is 753. The van der Waals surface area contributed by atoms with E-state index in [1.807, 2.05) is 0 Å². The number of Topliss-reactive ketones (excluding diaryl/α,β-unsaturated/α-hetero) is 1. The maximum absolute atomic E-state index is 12.9. The van der Waals surface area contributed by atoms with E-state index in [0.29, 0.717) is 11.3 Å². The van der Waals surface area contributed by atoms with E-state index in [0.717, 1.165) is 12.8 Å². The molecule has 2 saturated carbocycles. The summed E-state index contributed by atoms with van der Waals surface area (Å²) in [5.74, 6) is 0.00802. The zero-order valence-corrected chi connectivity index (χ0v) is 12.9. The van der Waals surface area contributed by atoms with Crippen LogP contribution < -0.4 is 4.90 Å². The zero-order chi connectivity index (χ0) is 15.9. The summed E-state index contributed by atoms with van der Waals surface area (Å²) in [6.07, 6.45) is 6.64. The molecule has 1 aromatic rings. The van der Waals surface area contributed by atoms with Gasteiger partial charge in [-0.25, -0.2) is 0 Å². The number of ketones is 1. The van der Waals surface area contributed by atoms with E-state index in [4.69, 9.17) is 0 Å². The normalized spacial score (nSPS) is 35.3. The molecule has 4 aliphatic rings. The molecule has 4 atom stereocenters. The summed E-state index contributed by atoms with van der Waals surface area (Å²) >= 11 is 0. The SMILES string of the molecule is CC(=O)c1ccc(N2C(=O)[C@@H]3[C@H](C2=O)[C@@H]2C=C[C@@H]3C23CC3)cc1. The summed E-state index contributed by atoms with van der Waals surface area (Å²) in [6, 6.07) is 6.77. The minimum Gasteiger partial charge on any atom is -0.295 e. The van der Waals surface area contributed by atoms with Crippen molar-refractivity contribution in [3.63, 3.8) is 0 Å². The second kappa shape index (κ2) is 3.99. The topological polar surface area (TPSA) is 54.5 Å². The smallest absolute Gasteiger partial charge is 0.238 e. The summed E-state index contributed by atoms with van der Waals surface area (Å²) in [5.41, 5.74) is 1.40. The van der Waals surface area contributed by atoms with Gasteiger partial charge >= 0.3 is 0 Å². The summed E-state index contributed by atoms with van der Waals surface area (Å²) in [6.45, 7) is 1.50. The van der Waals surface area contributed by atoms with Gasteiger partial charge in [0.1, 0.15) is 0 Å². The fourth-order valence-electron chi connectivity index (χ4n) is 5.18. The zero-order valence-electron chi connectivity index (χ0n) is 12.9. The minimum atomic E-state index is -0.174. The average molecular weight is 307 g/mol. The van der Waals surface area contributed by atoms with Crippen molar-refractivity contribution >= 4 is 23.3 Å². The predicted octanol–water partition coefficient (Wildman–Crippen LogP) is 2.59. The molecule has 4 nitrogen and oxygen atoms in total. The average Bonchev–Trinajstić information content (AvgIpc) is 3.13. The van der Waals surface area contributed by atoms with Crippen LogP contribution in [0.15, 0.2) is 36.4 Å². The van der Waals surface area contributed by atoms with Crippen molar-refractivity contribution in [3.8, 4) is 0 Å². The van der Waals surface area contributed by atoms with Crippen molar-refractivity contribution in [3.05, 3.63) is 42.0 Å². The first-order chi connectivity index (χ1) is 11.0. The lowest BCUT2D eigenvalue weighted by Crippen LogP contribution is -2.34. The number of carbonyl (C=O) groups is 3. The number of hydrogen-bond acceptors (Lipinski definition) is 3. The molecule has 0 unspecified atom stereocenters. The Balaban J connectivity index is 1.52. The Kier molecular flexibility index (Phi) is 2.30. The van der Waals surface area contributed by atoms with Crippen LogP contribution >= 0.6 is 0 Å². The number of hydrogen-bond donors (Lipinski definition) is 0. The van der Waals surface area contributed by atoms with Crippen LogP contribution in [0.5, 0.6) is 0 Å². The van der Waals surface area contributed by atoms with E-state index in [9.17, 15) is 14.4 Å². The first-order valence-electron chi connectivity index (χ1n) is 8.22. The Morgan fingerprint density at radius 2 is 1.52 bits per heavy atom. The quantitative estimate of drug-likeness (QED) is 0.479. The van der Waals surface area contributed by atoms with Crippen LogP contribution in [0.2, 0.25) is 0 Å². The van der Waals surface area contributed by atoms with Crippen LogP contribution in [0.1, 0.15) is 30.1 Å². The number of allylic oxidation sites excluding steroid dienone is 2. The third-order valence-electron chi connectivity index (χ3n) is 6.38. The molecule has 0 radical (unpaired) electrons. The highest BCUT2D eigenvalue weighted by molar-refractivity contribution is 6.23. The molecule has 4 heteroatoms. The largest absolute Gasteiger partial charge is 0.295 e. The molecule has 3 aliphatic carbocycles. The standard InChI is InChI=1S/C19H17NO3/c1-10(21)11-2-4-12(5-3-11)20-17(22)15-13-6-7-14(16(15)18(20)23)19(13)8-9-19/h2-7,13-16H,8-9H2,1H3/t13-,14-,15-,16+/m0/s1. The maximum Gasteiger partial charge on any atom is 0.238 e. The number of benzene rings is 1. The first-order valence-corrected chi connectivity index (χ1v) is 8.22. The molecule has 5 rings (SSSR count). The van der Waals surface area contributed by atoms with Crippen molar-refractivity contribution in [2.75, 3.05) is 4.90 Å². The van der Waals surface area contributed by atoms with Crippen molar-refractivity contribution in [2.45, 2.75) is 19.8 Å². The summed E-state index contributed by atoms with van der Waals surface area (Å²) in [7, 11) is 0. The van der Waals surface area contributed by atoms with Gasteiger partial charge in [0, 0.05) is 5.56 Å².